The highest BCUT2D eigenvalue weighted by Crippen LogP contribution is 2.30. The number of hydrogen-bond acceptors (Lipinski definition) is 2. The van der Waals surface area contributed by atoms with Crippen molar-refractivity contribution in [2.24, 2.45) is 0 Å². The molecule has 58 valence electrons. The molecule has 0 aromatic carbocycles. The largest absolute Gasteiger partial charge is 0.390 e. The summed E-state index contributed by atoms with van der Waals surface area (Å²) < 4.78 is 0. The van der Waals surface area contributed by atoms with Crippen LogP contribution in [0.5, 0.6) is 0 Å². The molecule has 0 heterocycles. The van der Waals surface area contributed by atoms with Gasteiger partial charge < -0.3 is 10.2 Å². The summed E-state index contributed by atoms with van der Waals surface area (Å²) in [5.41, 5.74) is 0.153. The number of rotatable bonds is 0. The van der Waals surface area contributed by atoms with Crippen LogP contribution in [0.2, 0.25) is 0 Å². The molecule has 0 spiro atoms. The van der Waals surface area contributed by atoms with Crippen molar-refractivity contribution in [2.75, 3.05) is 0 Å². The lowest BCUT2D eigenvalue weighted by molar-refractivity contribution is -0.0758. The van der Waals surface area contributed by atoms with Gasteiger partial charge in [0.2, 0.25) is 0 Å². The Morgan fingerprint density at radius 3 is 2.70 bits per heavy atom. The maximum Gasteiger partial charge on any atom is 0.0883 e. The molecule has 10 heavy (non-hydrogen) atoms. The lowest BCUT2D eigenvalue weighted by atomic mass is 9.82. The van der Waals surface area contributed by atoms with Crippen molar-refractivity contribution in [1.29, 1.82) is 0 Å². The van der Waals surface area contributed by atoms with Crippen LogP contribution in [-0.2, 0) is 0 Å². The van der Waals surface area contributed by atoms with Gasteiger partial charge in [-0.3, -0.25) is 0 Å². The highest BCUT2D eigenvalue weighted by atomic mass is 16.3. The summed E-state index contributed by atoms with van der Waals surface area (Å²) >= 11 is 0. The SMILES string of the molecule is C=C1CCC(C)(O)C(O)C1. The minimum Gasteiger partial charge on any atom is -0.390 e. The van der Waals surface area contributed by atoms with Crippen LogP contribution in [0.1, 0.15) is 26.2 Å². The van der Waals surface area contributed by atoms with E-state index in [2.05, 4.69) is 6.58 Å². The van der Waals surface area contributed by atoms with Gasteiger partial charge in [0.25, 0.3) is 0 Å². The summed E-state index contributed by atoms with van der Waals surface area (Å²) in [7, 11) is 0. The third-order valence-electron chi connectivity index (χ3n) is 2.18. The lowest BCUT2D eigenvalue weighted by Crippen LogP contribution is -2.42. The highest BCUT2D eigenvalue weighted by Gasteiger charge is 2.33. The van der Waals surface area contributed by atoms with E-state index in [1.165, 1.54) is 0 Å². The third kappa shape index (κ3) is 1.39. The van der Waals surface area contributed by atoms with Gasteiger partial charge in [-0.15, -0.1) is 0 Å². The topological polar surface area (TPSA) is 40.5 Å². The smallest absolute Gasteiger partial charge is 0.0883 e. The number of aliphatic hydroxyl groups is 2. The summed E-state index contributed by atoms with van der Waals surface area (Å²) in [4.78, 5) is 0. The first kappa shape index (κ1) is 7.76. The number of aliphatic hydroxyl groups excluding tert-OH is 1. The molecule has 0 aromatic heterocycles. The van der Waals surface area contributed by atoms with Gasteiger partial charge in [-0.1, -0.05) is 12.2 Å². The molecule has 2 nitrogen and oxygen atoms in total. The molecule has 0 aliphatic heterocycles. The van der Waals surface area contributed by atoms with Crippen LogP contribution in [0.4, 0.5) is 0 Å². The second-order valence-electron chi connectivity index (χ2n) is 3.33. The van der Waals surface area contributed by atoms with Crippen LogP contribution < -0.4 is 0 Å². The van der Waals surface area contributed by atoms with Gasteiger partial charge in [0.05, 0.1) is 11.7 Å². The Morgan fingerprint density at radius 2 is 2.30 bits per heavy atom. The average Bonchev–Trinajstić information content (AvgIpc) is 1.81. The van der Waals surface area contributed by atoms with Gasteiger partial charge in [0.15, 0.2) is 0 Å². The predicted octanol–water partition coefficient (Wildman–Crippen LogP) is 0.838. The monoisotopic (exact) mass is 142 g/mol. The zero-order valence-corrected chi connectivity index (χ0v) is 6.30. The van der Waals surface area contributed by atoms with E-state index in [1.54, 1.807) is 6.92 Å². The molecule has 2 unspecified atom stereocenters. The summed E-state index contributed by atoms with van der Waals surface area (Å²) in [6, 6.07) is 0. The first-order valence-electron chi connectivity index (χ1n) is 3.59. The van der Waals surface area contributed by atoms with E-state index in [0.717, 1.165) is 12.0 Å². The van der Waals surface area contributed by atoms with Crippen LogP contribution in [0.25, 0.3) is 0 Å². The van der Waals surface area contributed by atoms with Gasteiger partial charge in [-0.05, 0) is 26.2 Å². The summed E-state index contributed by atoms with van der Waals surface area (Å²) in [6.45, 7) is 5.43. The lowest BCUT2D eigenvalue weighted by Gasteiger charge is -2.34. The van der Waals surface area contributed by atoms with E-state index in [4.69, 9.17) is 0 Å². The Labute approximate surface area is 61.2 Å². The molecule has 1 rings (SSSR count). The van der Waals surface area contributed by atoms with Crippen molar-refractivity contribution >= 4 is 0 Å². The maximum atomic E-state index is 9.47. The highest BCUT2D eigenvalue weighted by molar-refractivity contribution is 5.06. The van der Waals surface area contributed by atoms with Crippen LogP contribution in [-0.4, -0.2) is 21.9 Å². The molecular weight excluding hydrogens is 128 g/mol. The Kier molecular flexibility index (Phi) is 1.84. The summed E-state index contributed by atoms with van der Waals surface area (Å²) in [5, 5.41) is 18.8. The molecule has 0 aromatic rings. The molecule has 2 atom stereocenters. The minimum absolute atomic E-state index is 0.549. The first-order valence-corrected chi connectivity index (χ1v) is 3.59. The molecule has 0 radical (unpaired) electrons. The Hall–Kier alpha value is -0.340. The van der Waals surface area contributed by atoms with Crippen molar-refractivity contribution in [1.82, 2.24) is 0 Å². The van der Waals surface area contributed by atoms with Crippen LogP contribution in [0, 0.1) is 0 Å². The van der Waals surface area contributed by atoms with E-state index in [1.807, 2.05) is 0 Å². The van der Waals surface area contributed by atoms with Crippen molar-refractivity contribution in [3.63, 3.8) is 0 Å². The van der Waals surface area contributed by atoms with E-state index >= 15 is 0 Å². The first-order chi connectivity index (χ1) is 4.52. The Morgan fingerprint density at radius 1 is 1.70 bits per heavy atom. The van der Waals surface area contributed by atoms with Gasteiger partial charge in [-0.2, -0.15) is 0 Å². The summed E-state index contributed by atoms with van der Waals surface area (Å²) in [6.07, 6.45) is 1.40. The number of hydrogen-bond donors (Lipinski definition) is 2. The van der Waals surface area contributed by atoms with Crippen LogP contribution in [0.15, 0.2) is 12.2 Å². The minimum atomic E-state index is -0.888. The fourth-order valence-electron chi connectivity index (χ4n) is 1.19. The zero-order valence-electron chi connectivity index (χ0n) is 6.30. The van der Waals surface area contributed by atoms with Crippen LogP contribution >= 0.6 is 0 Å². The van der Waals surface area contributed by atoms with Gasteiger partial charge >= 0.3 is 0 Å². The molecule has 1 saturated carbocycles. The van der Waals surface area contributed by atoms with Gasteiger partial charge in [-0.25, -0.2) is 0 Å². The van der Waals surface area contributed by atoms with Crippen molar-refractivity contribution in [2.45, 2.75) is 37.9 Å². The summed E-state index contributed by atoms with van der Waals surface area (Å²) in [5.74, 6) is 0. The fraction of sp³-hybridized carbons (Fsp3) is 0.750. The maximum absolute atomic E-state index is 9.47. The molecular formula is C8H14O2. The second kappa shape index (κ2) is 2.36. The third-order valence-corrected chi connectivity index (χ3v) is 2.18. The fourth-order valence-corrected chi connectivity index (χ4v) is 1.19. The van der Waals surface area contributed by atoms with E-state index in [0.29, 0.717) is 12.8 Å². The molecule has 0 bridgehead atoms. The Bertz CT molecular complexity index is 149. The van der Waals surface area contributed by atoms with E-state index in [9.17, 15) is 10.2 Å². The van der Waals surface area contributed by atoms with E-state index < -0.39 is 11.7 Å². The molecule has 1 aliphatic rings. The van der Waals surface area contributed by atoms with Gasteiger partial charge in [0.1, 0.15) is 0 Å². The normalized spacial score (nSPS) is 41.9. The molecule has 1 aliphatic carbocycles. The second-order valence-corrected chi connectivity index (χ2v) is 3.33. The molecule has 0 amide bonds. The molecule has 0 saturated heterocycles. The Balaban J connectivity index is 2.60. The molecule has 2 N–H and O–H groups in total. The van der Waals surface area contributed by atoms with Crippen molar-refractivity contribution < 1.29 is 10.2 Å². The van der Waals surface area contributed by atoms with Crippen molar-refractivity contribution in [3.05, 3.63) is 12.2 Å². The van der Waals surface area contributed by atoms with Crippen LogP contribution in [0.3, 0.4) is 0 Å². The predicted molar refractivity (Wildman–Crippen MR) is 39.6 cm³/mol. The van der Waals surface area contributed by atoms with Crippen molar-refractivity contribution in [3.8, 4) is 0 Å². The zero-order chi connectivity index (χ0) is 7.78. The average molecular weight is 142 g/mol. The molecule has 1 fully saturated rings. The quantitative estimate of drug-likeness (QED) is 0.492. The van der Waals surface area contributed by atoms with Gasteiger partial charge in [0, 0.05) is 0 Å². The van der Waals surface area contributed by atoms with E-state index in [-0.39, 0.29) is 0 Å². The molecule has 2 heteroatoms. The standard InChI is InChI=1S/C8H14O2/c1-6-3-4-8(2,10)7(9)5-6/h7,9-10H,1,3-5H2,2H3.